The van der Waals surface area contributed by atoms with Gasteiger partial charge in [0.25, 0.3) is 5.69 Å². The second-order valence-corrected chi connectivity index (χ2v) is 4.87. The molecule has 0 unspecified atom stereocenters. The molecule has 2 rings (SSSR count). The Morgan fingerprint density at radius 1 is 1.40 bits per heavy atom. The van der Waals surface area contributed by atoms with Crippen LogP contribution in [-0.4, -0.2) is 21.4 Å². The Hall–Kier alpha value is -2.35. The maximum Gasteiger partial charge on any atom is 0.283 e. The second kappa shape index (κ2) is 6.20. The van der Waals surface area contributed by atoms with E-state index in [1.54, 1.807) is 24.3 Å². The van der Waals surface area contributed by atoms with E-state index in [0.29, 0.717) is 22.3 Å². The van der Waals surface area contributed by atoms with Gasteiger partial charge in [0.05, 0.1) is 9.82 Å². The van der Waals surface area contributed by atoms with Gasteiger partial charge in [-0.3, -0.25) is 10.1 Å². The lowest BCUT2D eigenvalue weighted by molar-refractivity contribution is -0.387. The Morgan fingerprint density at radius 2 is 2.15 bits per heavy atom. The minimum Gasteiger partial charge on any atom is -0.370 e. The number of nitrogens with two attached hydrogens (primary N) is 1. The van der Waals surface area contributed by atoms with E-state index >= 15 is 0 Å². The number of para-hydroxylation sites is 1. The highest BCUT2D eigenvalue weighted by atomic mass is 32.2. The molecule has 0 fully saturated rings. The van der Waals surface area contributed by atoms with Crippen LogP contribution in [0, 0.1) is 10.1 Å². The smallest absolute Gasteiger partial charge is 0.283 e. The van der Waals surface area contributed by atoms with E-state index in [1.165, 1.54) is 17.8 Å². The highest BCUT2D eigenvalue weighted by Gasteiger charge is 2.14. The standard InChI is InChI=1S/C12H13N5O2S/c1-2-14-10-7-11(16-12(13)15-10)20-9-6-4-3-5-8(9)17(18)19/h3-7H,2H2,1H3,(H3,13,14,15,16). The van der Waals surface area contributed by atoms with Crippen LogP contribution in [0.5, 0.6) is 0 Å². The third-order valence-electron chi connectivity index (χ3n) is 2.35. The number of benzene rings is 1. The van der Waals surface area contributed by atoms with Gasteiger partial charge in [-0.05, 0) is 13.0 Å². The third kappa shape index (κ3) is 3.35. The summed E-state index contributed by atoms with van der Waals surface area (Å²) in [5, 5.41) is 14.6. The van der Waals surface area contributed by atoms with E-state index in [9.17, 15) is 10.1 Å². The first-order valence-corrected chi connectivity index (χ1v) is 6.71. The number of nitro groups is 1. The minimum absolute atomic E-state index is 0.0414. The zero-order valence-electron chi connectivity index (χ0n) is 10.7. The SMILES string of the molecule is CCNc1cc(Sc2ccccc2[N+](=O)[O-])nc(N)n1. The van der Waals surface area contributed by atoms with Crippen LogP contribution in [0.3, 0.4) is 0 Å². The second-order valence-electron chi connectivity index (χ2n) is 3.81. The maximum atomic E-state index is 11.0. The summed E-state index contributed by atoms with van der Waals surface area (Å²) < 4.78 is 0. The van der Waals surface area contributed by atoms with Crippen molar-refractivity contribution in [1.29, 1.82) is 0 Å². The lowest BCUT2D eigenvalue weighted by atomic mass is 10.3. The molecule has 20 heavy (non-hydrogen) atoms. The fraction of sp³-hybridized carbons (Fsp3) is 0.167. The number of nitro benzene ring substituents is 1. The summed E-state index contributed by atoms with van der Waals surface area (Å²) in [6, 6.07) is 8.21. The molecule has 1 aromatic heterocycles. The molecule has 104 valence electrons. The molecule has 0 radical (unpaired) electrons. The van der Waals surface area contributed by atoms with Gasteiger partial charge in [-0.15, -0.1) is 0 Å². The first-order chi connectivity index (χ1) is 9.60. The summed E-state index contributed by atoms with van der Waals surface area (Å²) in [6.07, 6.45) is 0. The van der Waals surface area contributed by atoms with Crippen LogP contribution >= 0.6 is 11.8 Å². The Kier molecular flexibility index (Phi) is 4.36. The summed E-state index contributed by atoms with van der Waals surface area (Å²) in [4.78, 5) is 19.2. The predicted octanol–water partition coefficient (Wildman–Crippen LogP) is 2.55. The van der Waals surface area contributed by atoms with E-state index in [4.69, 9.17) is 5.73 Å². The van der Waals surface area contributed by atoms with E-state index < -0.39 is 4.92 Å². The van der Waals surface area contributed by atoms with Crippen LogP contribution in [0.2, 0.25) is 0 Å². The quantitative estimate of drug-likeness (QED) is 0.495. The molecule has 0 amide bonds. The molecule has 1 heterocycles. The summed E-state index contributed by atoms with van der Waals surface area (Å²) in [6.45, 7) is 2.64. The van der Waals surface area contributed by atoms with Gasteiger partial charge in [-0.1, -0.05) is 23.9 Å². The molecule has 1 aromatic carbocycles. The number of aromatic nitrogens is 2. The molecule has 0 atom stereocenters. The van der Waals surface area contributed by atoms with Crippen LogP contribution in [0.25, 0.3) is 0 Å². The predicted molar refractivity (Wildman–Crippen MR) is 77.8 cm³/mol. The molecule has 3 N–H and O–H groups in total. The third-order valence-corrected chi connectivity index (χ3v) is 3.34. The van der Waals surface area contributed by atoms with Gasteiger partial charge in [-0.25, -0.2) is 4.98 Å². The maximum absolute atomic E-state index is 11.0. The van der Waals surface area contributed by atoms with Crippen LogP contribution < -0.4 is 11.1 Å². The molecule has 0 aliphatic carbocycles. The molecule has 0 saturated carbocycles. The molecule has 2 aromatic rings. The highest BCUT2D eigenvalue weighted by Crippen LogP contribution is 2.34. The monoisotopic (exact) mass is 291 g/mol. The van der Waals surface area contributed by atoms with Gasteiger partial charge in [0, 0.05) is 18.7 Å². The molecular weight excluding hydrogens is 278 g/mol. The van der Waals surface area contributed by atoms with E-state index in [-0.39, 0.29) is 11.6 Å². The average molecular weight is 291 g/mol. The first kappa shape index (κ1) is 14.1. The van der Waals surface area contributed by atoms with Crippen molar-refractivity contribution in [2.45, 2.75) is 16.8 Å². The summed E-state index contributed by atoms with van der Waals surface area (Å²) in [7, 11) is 0. The molecule has 7 nitrogen and oxygen atoms in total. The lowest BCUT2D eigenvalue weighted by Gasteiger charge is -2.06. The van der Waals surface area contributed by atoms with Crippen LogP contribution in [-0.2, 0) is 0 Å². The van der Waals surface area contributed by atoms with Crippen molar-refractivity contribution in [1.82, 2.24) is 9.97 Å². The van der Waals surface area contributed by atoms with Gasteiger partial charge >= 0.3 is 0 Å². The number of anilines is 2. The van der Waals surface area contributed by atoms with Crippen molar-refractivity contribution in [3.63, 3.8) is 0 Å². The average Bonchev–Trinajstić information content (AvgIpc) is 2.38. The molecule has 8 heteroatoms. The number of rotatable bonds is 5. The zero-order chi connectivity index (χ0) is 14.5. The molecular formula is C12H13N5O2S. The van der Waals surface area contributed by atoms with Crippen molar-refractivity contribution in [2.75, 3.05) is 17.6 Å². The lowest BCUT2D eigenvalue weighted by Crippen LogP contribution is -2.04. The van der Waals surface area contributed by atoms with Crippen molar-refractivity contribution < 1.29 is 4.92 Å². The van der Waals surface area contributed by atoms with Gasteiger partial charge in [0.1, 0.15) is 10.8 Å². The van der Waals surface area contributed by atoms with Crippen LogP contribution in [0.4, 0.5) is 17.5 Å². The van der Waals surface area contributed by atoms with E-state index in [0.717, 1.165) is 0 Å². The van der Waals surface area contributed by atoms with Crippen LogP contribution in [0.15, 0.2) is 40.3 Å². The number of nitrogens with zero attached hydrogens (tertiary/aromatic N) is 3. The summed E-state index contributed by atoms with van der Waals surface area (Å²) >= 11 is 1.18. The van der Waals surface area contributed by atoms with Crippen molar-refractivity contribution in [3.8, 4) is 0 Å². The van der Waals surface area contributed by atoms with Gasteiger partial charge in [-0.2, -0.15) is 4.98 Å². The van der Waals surface area contributed by atoms with Crippen molar-refractivity contribution >= 4 is 29.2 Å². The Labute approximate surface area is 119 Å². The number of hydrogen-bond donors (Lipinski definition) is 2. The van der Waals surface area contributed by atoms with Gasteiger partial charge < -0.3 is 11.1 Å². The van der Waals surface area contributed by atoms with Crippen molar-refractivity contribution in [2.24, 2.45) is 0 Å². The molecule has 0 aliphatic rings. The Bertz CT molecular complexity index is 635. The van der Waals surface area contributed by atoms with Gasteiger partial charge in [0.2, 0.25) is 5.95 Å². The summed E-state index contributed by atoms with van der Waals surface area (Å²) in [5.74, 6) is 0.727. The Morgan fingerprint density at radius 3 is 2.85 bits per heavy atom. The largest absolute Gasteiger partial charge is 0.370 e. The minimum atomic E-state index is -0.419. The van der Waals surface area contributed by atoms with Crippen molar-refractivity contribution in [3.05, 3.63) is 40.4 Å². The molecule has 0 saturated heterocycles. The first-order valence-electron chi connectivity index (χ1n) is 5.90. The fourth-order valence-electron chi connectivity index (χ4n) is 1.57. The topological polar surface area (TPSA) is 107 Å². The normalized spacial score (nSPS) is 10.2. The molecule has 0 bridgehead atoms. The van der Waals surface area contributed by atoms with E-state index in [1.807, 2.05) is 6.92 Å². The number of nitrogen functional groups attached to an aromatic ring is 1. The fourth-order valence-corrected chi connectivity index (χ4v) is 2.50. The van der Waals surface area contributed by atoms with E-state index in [2.05, 4.69) is 15.3 Å². The number of nitrogens with one attached hydrogen (secondary N) is 1. The number of hydrogen-bond acceptors (Lipinski definition) is 7. The highest BCUT2D eigenvalue weighted by molar-refractivity contribution is 7.99. The summed E-state index contributed by atoms with van der Waals surface area (Å²) in [5.41, 5.74) is 5.67. The Balaban J connectivity index is 2.32. The van der Waals surface area contributed by atoms with Crippen LogP contribution in [0.1, 0.15) is 6.92 Å². The molecule has 0 spiro atoms. The molecule has 0 aliphatic heterocycles. The zero-order valence-corrected chi connectivity index (χ0v) is 11.6. The van der Waals surface area contributed by atoms with Gasteiger partial charge in [0.15, 0.2) is 0 Å².